The number of halogens is 1. The Bertz CT molecular complexity index is 473. The molecule has 5 heteroatoms. The van der Waals surface area contributed by atoms with E-state index in [0.717, 1.165) is 35.4 Å². The zero-order valence-electron chi connectivity index (χ0n) is 12.2. The van der Waals surface area contributed by atoms with E-state index in [4.69, 9.17) is 9.84 Å². The van der Waals surface area contributed by atoms with E-state index in [0.29, 0.717) is 13.0 Å². The first-order chi connectivity index (χ1) is 10.1. The van der Waals surface area contributed by atoms with Gasteiger partial charge in [-0.05, 0) is 56.1 Å². The summed E-state index contributed by atoms with van der Waals surface area (Å²) in [6, 6.07) is 5.79. The molecule has 1 aromatic carbocycles. The van der Waals surface area contributed by atoms with Gasteiger partial charge in [-0.2, -0.15) is 0 Å². The number of carboxylic acids is 1. The molecule has 0 radical (unpaired) electrons. The lowest BCUT2D eigenvalue weighted by Crippen LogP contribution is -2.33. The van der Waals surface area contributed by atoms with Crippen molar-refractivity contribution in [1.29, 1.82) is 0 Å². The first-order valence-corrected chi connectivity index (χ1v) is 8.30. The maximum absolute atomic E-state index is 10.7. The van der Waals surface area contributed by atoms with Gasteiger partial charge in [0.2, 0.25) is 0 Å². The van der Waals surface area contributed by atoms with Crippen LogP contribution in [0.15, 0.2) is 22.7 Å². The molecule has 1 heterocycles. The molecule has 0 aliphatic carbocycles. The van der Waals surface area contributed by atoms with Crippen molar-refractivity contribution in [2.45, 2.75) is 32.1 Å². The number of benzene rings is 1. The SMILES string of the molecule is O=C(O)CCc1cc(Br)ccc1OCCN1CCCCC1. The van der Waals surface area contributed by atoms with E-state index in [1.165, 1.54) is 19.3 Å². The van der Waals surface area contributed by atoms with Crippen molar-refractivity contribution in [2.75, 3.05) is 26.2 Å². The van der Waals surface area contributed by atoms with Gasteiger partial charge < -0.3 is 9.84 Å². The van der Waals surface area contributed by atoms with Crippen LogP contribution >= 0.6 is 15.9 Å². The average Bonchev–Trinajstić information content (AvgIpc) is 2.48. The number of carboxylic acid groups (broad SMARTS) is 1. The fraction of sp³-hybridized carbons (Fsp3) is 0.562. The molecule has 116 valence electrons. The van der Waals surface area contributed by atoms with E-state index in [2.05, 4.69) is 20.8 Å². The van der Waals surface area contributed by atoms with Crippen LogP contribution in [0.25, 0.3) is 0 Å². The number of aryl methyl sites for hydroxylation is 1. The Morgan fingerprint density at radius 3 is 2.76 bits per heavy atom. The van der Waals surface area contributed by atoms with Crippen molar-refractivity contribution in [2.24, 2.45) is 0 Å². The van der Waals surface area contributed by atoms with Crippen LogP contribution in [0.5, 0.6) is 5.75 Å². The molecule has 1 N–H and O–H groups in total. The minimum Gasteiger partial charge on any atom is -0.492 e. The maximum Gasteiger partial charge on any atom is 0.303 e. The van der Waals surface area contributed by atoms with E-state index in [1.807, 2.05) is 18.2 Å². The van der Waals surface area contributed by atoms with Gasteiger partial charge in [0.25, 0.3) is 0 Å². The summed E-state index contributed by atoms with van der Waals surface area (Å²) in [6.45, 7) is 3.92. The Kier molecular flexibility index (Phi) is 6.51. The van der Waals surface area contributed by atoms with E-state index >= 15 is 0 Å². The van der Waals surface area contributed by atoms with Crippen LogP contribution in [0, 0.1) is 0 Å². The summed E-state index contributed by atoms with van der Waals surface area (Å²) < 4.78 is 6.82. The van der Waals surface area contributed by atoms with E-state index in [1.54, 1.807) is 0 Å². The smallest absolute Gasteiger partial charge is 0.303 e. The van der Waals surface area contributed by atoms with Gasteiger partial charge in [-0.15, -0.1) is 0 Å². The number of likely N-dealkylation sites (tertiary alicyclic amines) is 1. The third-order valence-electron chi connectivity index (χ3n) is 3.74. The van der Waals surface area contributed by atoms with Crippen molar-refractivity contribution in [3.63, 3.8) is 0 Å². The molecule has 0 aromatic heterocycles. The highest BCUT2D eigenvalue weighted by Crippen LogP contribution is 2.24. The predicted molar refractivity (Wildman–Crippen MR) is 85.9 cm³/mol. The van der Waals surface area contributed by atoms with Crippen molar-refractivity contribution in [1.82, 2.24) is 4.90 Å². The van der Waals surface area contributed by atoms with Crippen LogP contribution in [-0.4, -0.2) is 42.2 Å². The Balaban J connectivity index is 1.87. The van der Waals surface area contributed by atoms with Crippen LogP contribution in [0.3, 0.4) is 0 Å². The molecule has 1 aromatic rings. The van der Waals surface area contributed by atoms with E-state index in [9.17, 15) is 4.79 Å². The quantitative estimate of drug-likeness (QED) is 0.814. The molecule has 0 spiro atoms. The van der Waals surface area contributed by atoms with Gasteiger partial charge >= 0.3 is 5.97 Å². The van der Waals surface area contributed by atoms with Crippen molar-refractivity contribution in [3.8, 4) is 5.75 Å². The molecule has 21 heavy (non-hydrogen) atoms. The number of hydrogen-bond acceptors (Lipinski definition) is 3. The van der Waals surface area contributed by atoms with Crippen LogP contribution in [0.4, 0.5) is 0 Å². The summed E-state index contributed by atoms with van der Waals surface area (Å²) in [6.07, 6.45) is 4.51. The van der Waals surface area contributed by atoms with Gasteiger partial charge in [-0.3, -0.25) is 9.69 Å². The number of hydrogen-bond donors (Lipinski definition) is 1. The van der Waals surface area contributed by atoms with Gasteiger partial charge in [-0.25, -0.2) is 0 Å². The minimum atomic E-state index is -0.783. The Labute approximate surface area is 134 Å². The average molecular weight is 356 g/mol. The molecule has 1 fully saturated rings. The number of piperidine rings is 1. The minimum absolute atomic E-state index is 0.124. The number of carbonyl (C=O) groups is 1. The van der Waals surface area contributed by atoms with Crippen LogP contribution in [0.2, 0.25) is 0 Å². The van der Waals surface area contributed by atoms with Gasteiger partial charge in [0, 0.05) is 17.4 Å². The Morgan fingerprint density at radius 1 is 1.29 bits per heavy atom. The Hall–Kier alpha value is -1.07. The van der Waals surface area contributed by atoms with E-state index < -0.39 is 5.97 Å². The van der Waals surface area contributed by atoms with Crippen LogP contribution in [0.1, 0.15) is 31.2 Å². The topological polar surface area (TPSA) is 49.8 Å². The highest BCUT2D eigenvalue weighted by Gasteiger charge is 2.11. The summed E-state index contributed by atoms with van der Waals surface area (Å²) in [7, 11) is 0. The molecule has 1 aliphatic rings. The molecule has 0 unspecified atom stereocenters. The molecular formula is C16H22BrNO3. The lowest BCUT2D eigenvalue weighted by Gasteiger charge is -2.26. The molecule has 4 nitrogen and oxygen atoms in total. The number of rotatable bonds is 7. The Morgan fingerprint density at radius 2 is 2.05 bits per heavy atom. The largest absolute Gasteiger partial charge is 0.492 e. The number of aliphatic carboxylic acids is 1. The summed E-state index contributed by atoms with van der Waals surface area (Å²) in [5.41, 5.74) is 0.949. The zero-order chi connectivity index (χ0) is 15.1. The standard InChI is InChI=1S/C16H22BrNO3/c17-14-5-6-15(13(12-14)4-7-16(19)20)21-11-10-18-8-2-1-3-9-18/h5-6,12H,1-4,7-11H2,(H,19,20). The molecule has 0 amide bonds. The zero-order valence-corrected chi connectivity index (χ0v) is 13.8. The molecule has 1 saturated heterocycles. The van der Waals surface area contributed by atoms with Gasteiger partial charge in [0.1, 0.15) is 12.4 Å². The van der Waals surface area contributed by atoms with Crippen LogP contribution in [-0.2, 0) is 11.2 Å². The summed E-state index contributed by atoms with van der Waals surface area (Å²) in [5.74, 6) is 0.0192. The molecule has 1 aliphatic heterocycles. The highest BCUT2D eigenvalue weighted by molar-refractivity contribution is 9.10. The first-order valence-electron chi connectivity index (χ1n) is 7.50. The van der Waals surface area contributed by atoms with Crippen molar-refractivity contribution >= 4 is 21.9 Å². The second-order valence-corrected chi connectivity index (χ2v) is 6.31. The second kappa shape index (κ2) is 8.39. The fourth-order valence-corrected chi connectivity index (χ4v) is 3.00. The monoisotopic (exact) mass is 355 g/mol. The lowest BCUT2D eigenvalue weighted by atomic mass is 10.1. The molecular weight excluding hydrogens is 334 g/mol. The highest BCUT2D eigenvalue weighted by atomic mass is 79.9. The normalized spacial score (nSPS) is 15.9. The van der Waals surface area contributed by atoms with Gasteiger partial charge in [0.15, 0.2) is 0 Å². The van der Waals surface area contributed by atoms with Gasteiger partial charge in [-0.1, -0.05) is 22.4 Å². The number of ether oxygens (including phenoxy) is 1. The first kappa shape index (κ1) is 16.3. The number of nitrogens with zero attached hydrogens (tertiary/aromatic N) is 1. The van der Waals surface area contributed by atoms with Crippen molar-refractivity contribution in [3.05, 3.63) is 28.2 Å². The maximum atomic E-state index is 10.7. The lowest BCUT2D eigenvalue weighted by molar-refractivity contribution is -0.136. The molecule has 0 saturated carbocycles. The summed E-state index contributed by atoms with van der Waals surface area (Å²) >= 11 is 3.42. The molecule has 0 bridgehead atoms. The predicted octanol–water partition coefficient (Wildman–Crippen LogP) is 3.33. The van der Waals surface area contributed by atoms with E-state index in [-0.39, 0.29) is 6.42 Å². The second-order valence-electron chi connectivity index (χ2n) is 5.40. The fourth-order valence-electron chi connectivity index (χ4n) is 2.59. The third kappa shape index (κ3) is 5.67. The molecule has 0 atom stereocenters. The van der Waals surface area contributed by atoms with Crippen molar-refractivity contribution < 1.29 is 14.6 Å². The van der Waals surface area contributed by atoms with Gasteiger partial charge in [0.05, 0.1) is 0 Å². The molecule has 2 rings (SSSR count). The summed E-state index contributed by atoms with van der Waals surface area (Å²) in [4.78, 5) is 13.2. The summed E-state index contributed by atoms with van der Waals surface area (Å²) in [5, 5.41) is 8.82. The third-order valence-corrected chi connectivity index (χ3v) is 4.24. The van der Waals surface area contributed by atoms with Crippen LogP contribution < -0.4 is 4.74 Å².